The molecule has 1 N–H and O–H groups in total. The first-order valence-corrected chi connectivity index (χ1v) is 5.20. The predicted octanol–water partition coefficient (Wildman–Crippen LogP) is 0.867. The van der Waals surface area contributed by atoms with Crippen LogP contribution in [0.3, 0.4) is 0 Å². The van der Waals surface area contributed by atoms with Crippen LogP contribution in [0.15, 0.2) is 30.3 Å². The van der Waals surface area contributed by atoms with Crippen molar-refractivity contribution in [1.29, 1.82) is 0 Å². The molecule has 84 valence electrons. The molecule has 16 heavy (non-hydrogen) atoms. The van der Waals surface area contributed by atoms with E-state index in [0.29, 0.717) is 0 Å². The molecule has 1 aliphatic rings. The SMILES string of the molecule is C[C@H](c1ccccc1)N1C(=O)CC(O)C1=O. The lowest BCUT2D eigenvalue weighted by Crippen LogP contribution is -2.34. The van der Waals surface area contributed by atoms with E-state index < -0.39 is 12.0 Å². The fraction of sp³-hybridized carbons (Fsp3) is 0.333. The third-order valence-corrected chi connectivity index (χ3v) is 2.83. The molecule has 1 aliphatic heterocycles. The summed E-state index contributed by atoms with van der Waals surface area (Å²) in [7, 11) is 0. The summed E-state index contributed by atoms with van der Waals surface area (Å²) in [5.74, 6) is -0.810. The summed E-state index contributed by atoms with van der Waals surface area (Å²) in [6.07, 6.45) is -1.27. The molecule has 1 unspecified atom stereocenters. The van der Waals surface area contributed by atoms with Crippen molar-refractivity contribution < 1.29 is 14.7 Å². The van der Waals surface area contributed by atoms with Gasteiger partial charge in [-0.1, -0.05) is 30.3 Å². The topological polar surface area (TPSA) is 57.6 Å². The second-order valence-electron chi connectivity index (χ2n) is 3.91. The quantitative estimate of drug-likeness (QED) is 0.751. The molecule has 2 amide bonds. The van der Waals surface area contributed by atoms with E-state index in [1.165, 1.54) is 0 Å². The molecule has 1 aromatic carbocycles. The Morgan fingerprint density at radius 1 is 1.31 bits per heavy atom. The molecule has 0 spiro atoms. The normalized spacial score (nSPS) is 22.6. The lowest BCUT2D eigenvalue weighted by molar-refractivity contribution is -0.143. The van der Waals surface area contributed by atoms with Crippen LogP contribution in [0.25, 0.3) is 0 Å². The van der Waals surface area contributed by atoms with Gasteiger partial charge in [-0.2, -0.15) is 0 Å². The van der Waals surface area contributed by atoms with Crippen LogP contribution < -0.4 is 0 Å². The first-order chi connectivity index (χ1) is 7.61. The van der Waals surface area contributed by atoms with Gasteiger partial charge in [-0.05, 0) is 12.5 Å². The largest absolute Gasteiger partial charge is 0.383 e. The van der Waals surface area contributed by atoms with Crippen LogP contribution in [-0.2, 0) is 9.59 Å². The van der Waals surface area contributed by atoms with E-state index in [2.05, 4.69) is 0 Å². The second kappa shape index (κ2) is 4.06. The van der Waals surface area contributed by atoms with Crippen molar-refractivity contribution >= 4 is 11.8 Å². The van der Waals surface area contributed by atoms with Gasteiger partial charge in [-0.3, -0.25) is 14.5 Å². The van der Waals surface area contributed by atoms with Gasteiger partial charge in [0, 0.05) is 0 Å². The minimum absolute atomic E-state index is 0.101. The highest BCUT2D eigenvalue weighted by molar-refractivity contribution is 6.05. The molecule has 1 heterocycles. The predicted molar refractivity (Wildman–Crippen MR) is 57.3 cm³/mol. The van der Waals surface area contributed by atoms with Crippen molar-refractivity contribution in [3.63, 3.8) is 0 Å². The fourth-order valence-corrected chi connectivity index (χ4v) is 1.92. The molecular formula is C12H13NO3. The van der Waals surface area contributed by atoms with E-state index >= 15 is 0 Å². The summed E-state index contributed by atoms with van der Waals surface area (Å²) in [5, 5.41) is 9.32. The van der Waals surface area contributed by atoms with Gasteiger partial charge in [0.05, 0.1) is 12.5 Å². The number of aliphatic hydroxyl groups excluding tert-OH is 1. The average Bonchev–Trinajstić information content (AvgIpc) is 2.54. The van der Waals surface area contributed by atoms with Crippen molar-refractivity contribution in [3.05, 3.63) is 35.9 Å². The number of hydrogen-bond donors (Lipinski definition) is 1. The Morgan fingerprint density at radius 2 is 1.94 bits per heavy atom. The van der Waals surface area contributed by atoms with Crippen LogP contribution in [0.5, 0.6) is 0 Å². The molecule has 0 aromatic heterocycles. The number of nitrogens with zero attached hydrogens (tertiary/aromatic N) is 1. The van der Waals surface area contributed by atoms with Crippen LogP contribution in [0, 0.1) is 0 Å². The molecule has 4 heteroatoms. The number of benzene rings is 1. The van der Waals surface area contributed by atoms with Gasteiger partial charge >= 0.3 is 0 Å². The number of carbonyl (C=O) groups is 2. The monoisotopic (exact) mass is 219 g/mol. The number of hydrogen-bond acceptors (Lipinski definition) is 3. The Hall–Kier alpha value is -1.68. The lowest BCUT2D eigenvalue weighted by Gasteiger charge is -2.22. The number of carbonyl (C=O) groups excluding carboxylic acids is 2. The van der Waals surface area contributed by atoms with E-state index in [-0.39, 0.29) is 18.4 Å². The number of aliphatic hydroxyl groups is 1. The van der Waals surface area contributed by atoms with Crippen LogP contribution in [0.4, 0.5) is 0 Å². The van der Waals surface area contributed by atoms with E-state index in [1.54, 1.807) is 6.92 Å². The number of imide groups is 1. The zero-order chi connectivity index (χ0) is 11.7. The smallest absolute Gasteiger partial charge is 0.259 e. The molecule has 1 aromatic rings. The molecule has 0 bridgehead atoms. The van der Waals surface area contributed by atoms with Gasteiger partial charge in [0.15, 0.2) is 0 Å². The Labute approximate surface area is 93.5 Å². The van der Waals surface area contributed by atoms with E-state index in [4.69, 9.17) is 0 Å². The summed E-state index contributed by atoms with van der Waals surface area (Å²) < 4.78 is 0. The minimum atomic E-state index is -1.17. The summed E-state index contributed by atoms with van der Waals surface area (Å²) in [5.41, 5.74) is 0.887. The van der Waals surface area contributed by atoms with Crippen molar-refractivity contribution in [1.82, 2.24) is 4.90 Å². The fourth-order valence-electron chi connectivity index (χ4n) is 1.92. The molecule has 1 saturated heterocycles. The molecule has 0 radical (unpaired) electrons. The van der Waals surface area contributed by atoms with Crippen LogP contribution in [-0.4, -0.2) is 27.9 Å². The number of likely N-dealkylation sites (tertiary alicyclic amines) is 1. The summed E-state index contributed by atoms with van der Waals surface area (Å²) in [6.45, 7) is 1.78. The standard InChI is InChI=1S/C12H13NO3/c1-8(9-5-3-2-4-6-9)13-11(15)7-10(14)12(13)16/h2-6,8,10,14H,7H2,1H3/t8-,10?/m1/s1. The highest BCUT2D eigenvalue weighted by Gasteiger charge is 2.40. The van der Waals surface area contributed by atoms with Crippen LogP contribution in [0.1, 0.15) is 24.9 Å². The first-order valence-electron chi connectivity index (χ1n) is 5.20. The summed E-state index contributed by atoms with van der Waals surface area (Å²) >= 11 is 0. The van der Waals surface area contributed by atoms with Gasteiger partial charge in [-0.25, -0.2) is 0 Å². The number of rotatable bonds is 2. The van der Waals surface area contributed by atoms with Crippen molar-refractivity contribution in [3.8, 4) is 0 Å². The van der Waals surface area contributed by atoms with Gasteiger partial charge in [-0.15, -0.1) is 0 Å². The zero-order valence-electron chi connectivity index (χ0n) is 8.96. The molecule has 0 aliphatic carbocycles. The molecular weight excluding hydrogens is 206 g/mol. The van der Waals surface area contributed by atoms with Crippen molar-refractivity contribution in [2.24, 2.45) is 0 Å². The Balaban J connectivity index is 2.26. The Morgan fingerprint density at radius 3 is 2.44 bits per heavy atom. The third-order valence-electron chi connectivity index (χ3n) is 2.83. The van der Waals surface area contributed by atoms with Crippen LogP contribution >= 0.6 is 0 Å². The van der Waals surface area contributed by atoms with E-state index in [1.807, 2.05) is 30.3 Å². The minimum Gasteiger partial charge on any atom is -0.383 e. The molecule has 1 fully saturated rings. The Kier molecular flexibility index (Phi) is 2.75. The molecule has 2 rings (SSSR count). The lowest BCUT2D eigenvalue weighted by atomic mass is 10.1. The highest BCUT2D eigenvalue weighted by atomic mass is 16.3. The molecule has 0 saturated carbocycles. The average molecular weight is 219 g/mol. The van der Waals surface area contributed by atoms with Gasteiger partial charge < -0.3 is 5.11 Å². The number of amides is 2. The zero-order valence-corrected chi connectivity index (χ0v) is 8.96. The van der Waals surface area contributed by atoms with Gasteiger partial charge in [0.2, 0.25) is 5.91 Å². The third kappa shape index (κ3) is 1.72. The van der Waals surface area contributed by atoms with E-state index in [9.17, 15) is 14.7 Å². The first kappa shape index (κ1) is 10.8. The van der Waals surface area contributed by atoms with E-state index in [0.717, 1.165) is 10.5 Å². The highest BCUT2D eigenvalue weighted by Crippen LogP contribution is 2.26. The maximum absolute atomic E-state index is 11.6. The van der Waals surface area contributed by atoms with Crippen molar-refractivity contribution in [2.75, 3.05) is 0 Å². The second-order valence-corrected chi connectivity index (χ2v) is 3.91. The molecule has 2 atom stereocenters. The van der Waals surface area contributed by atoms with Crippen molar-refractivity contribution in [2.45, 2.75) is 25.5 Å². The summed E-state index contributed by atoms with van der Waals surface area (Å²) in [6, 6.07) is 8.98. The van der Waals surface area contributed by atoms with Gasteiger partial charge in [0.25, 0.3) is 5.91 Å². The molecule has 4 nitrogen and oxygen atoms in total. The maximum atomic E-state index is 11.6. The van der Waals surface area contributed by atoms with Gasteiger partial charge in [0.1, 0.15) is 6.10 Å². The van der Waals surface area contributed by atoms with Crippen LogP contribution in [0.2, 0.25) is 0 Å². The summed E-state index contributed by atoms with van der Waals surface area (Å²) in [4.78, 5) is 24.3. The maximum Gasteiger partial charge on any atom is 0.259 e. The Bertz CT molecular complexity index is 416.